The third kappa shape index (κ3) is 1.86. The SMILES string of the molecule is CC1(C)C(CC=O)CC1C(=O)COO. The van der Waals surface area contributed by atoms with Gasteiger partial charge < -0.3 is 4.79 Å². The largest absolute Gasteiger partial charge is 0.303 e. The van der Waals surface area contributed by atoms with Gasteiger partial charge in [0, 0.05) is 12.3 Å². The molecule has 0 aliphatic heterocycles. The summed E-state index contributed by atoms with van der Waals surface area (Å²) in [6, 6.07) is 0. The van der Waals surface area contributed by atoms with Crippen LogP contribution in [0.1, 0.15) is 26.7 Å². The van der Waals surface area contributed by atoms with Crippen molar-refractivity contribution in [1.29, 1.82) is 0 Å². The average Bonchev–Trinajstić information content (AvgIpc) is 2.11. The van der Waals surface area contributed by atoms with Crippen LogP contribution in [0.3, 0.4) is 0 Å². The molecule has 0 bridgehead atoms. The standard InChI is InChI=1S/C10H16O4/c1-10(2)7(3-4-11)5-8(10)9(12)6-14-13/h4,7-8,13H,3,5-6H2,1-2H3. The molecule has 0 spiro atoms. The molecule has 0 heterocycles. The summed E-state index contributed by atoms with van der Waals surface area (Å²) in [6.07, 6.45) is 2.14. The van der Waals surface area contributed by atoms with Crippen LogP contribution in [-0.2, 0) is 14.5 Å². The molecule has 0 saturated heterocycles. The fourth-order valence-corrected chi connectivity index (χ4v) is 2.24. The highest BCUT2D eigenvalue weighted by molar-refractivity contribution is 5.84. The first kappa shape index (κ1) is 11.3. The molecule has 0 radical (unpaired) electrons. The zero-order valence-electron chi connectivity index (χ0n) is 8.53. The molecular formula is C10H16O4. The number of ketones is 1. The van der Waals surface area contributed by atoms with Crippen LogP contribution in [0.2, 0.25) is 0 Å². The first-order valence-corrected chi connectivity index (χ1v) is 4.76. The Morgan fingerprint density at radius 3 is 2.71 bits per heavy atom. The summed E-state index contributed by atoms with van der Waals surface area (Å²) in [6.45, 7) is 3.71. The third-order valence-electron chi connectivity index (χ3n) is 3.45. The van der Waals surface area contributed by atoms with Gasteiger partial charge in [0.1, 0.15) is 12.9 Å². The van der Waals surface area contributed by atoms with Crippen molar-refractivity contribution in [3.8, 4) is 0 Å². The maximum absolute atomic E-state index is 11.4. The van der Waals surface area contributed by atoms with Gasteiger partial charge in [0.15, 0.2) is 5.78 Å². The summed E-state index contributed by atoms with van der Waals surface area (Å²) in [5, 5.41) is 8.17. The maximum atomic E-state index is 11.4. The lowest BCUT2D eigenvalue weighted by atomic mass is 9.53. The molecule has 80 valence electrons. The van der Waals surface area contributed by atoms with Crippen LogP contribution in [-0.4, -0.2) is 23.9 Å². The van der Waals surface area contributed by atoms with E-state index < -0.39 is 0 Å². The fourth-order valence-electron chi connectivity index (χ4n) is 2.24. The highest BCUT2D eigenvalue weighted by Crippen LogP contribution is 2.52. The van der Waals surface area contributed by atoms with Crippen LogP contribution in [0.25, 0.3) is 0 Å². The first-order chi connectivity index (χ1) is 6.54. The first-order valence-electron chi connectivity index (χ1n) is 4.76. The Morgan fingerprint density at radius 1 is 1.64 bits per heavy atom. The number of aldehydes is 1. The van der Waals surface area contributed by atoms with E-state index in [9.17, 15) is 9.59 Å². The van der Waals surface area contributed by atoms with E-state index in [4.69, 9.17) is 5.26 Å². The van der Waals surface area contributed by atoms with Crippen LogP contribution in [0, 0.1) is 17.3 Å². The van der Waals surface area contributed by atoms with Gasteiger partial charge in [-0.3, -0.25) is 10.1 Å². The van der Waals surface area contributed by atoms with Gasteiger partial charge in [-0.05, 0) is 17.8 Å². The molecule has 2 atom stereocenters. The topological polar surface area (TPSA) is 63.6 Å². The van der Waals surface area contributed by atoms with Gasteiger partial charge in [-0.1, -0.05) is 13.8 Å². The highest BCUT2D eigenvalue weighted by atomic mass is 17.1. The van der Waals surface area contributed by atoms with Crippen molar-refractivity contribution in [2.24, 2.45) is 17.3 Å². The Hall–Kier alpha value is -0.740. The lowest BCUT2D eigenvalue weighted by Crippen LogP contribution is -2.49. The smallest absolute Gasteiger partial charge is 0.165 e. The van der Waals surface area contributed by atoms with Gasteiger partial charge in [0.25, 0.3) is 0 Å². The number of hydrogen-bond donors (Lipinski definition) is 1. The van der Waals surface area contributed by atoms with Crippen molar-refractivity contribution in [3.63, 3.8) is 0 Å². The minimum absolute atomic E-state index is 0.0837. The molecule has 1 aliphatic rings. The molecule has 1 saturated carbocycles. The lowest BCUT2D eigenvalue weighted by Gasteiger charge is -2.50. The van der Waals surface area contributed by atoms with Crippen molar-refractivity contribution in [1.82, 2.24) is 0 Å². The molecule has 1 fully saturated rings. The van der Waals surface area contributed by atoms with Crippen molar-refractivity contribution in [2.45, 2.75) is 26.7 Å². The zero-order valence-corrected chi connectivity index (χ0v) is 8.53. The quantitative estimate of drug-likeness (QED) is 0.412. The van der Waals surface area contributed by atoms with Crippen molar-refractivity contribution in [3.05, 3.63) is 0 Å². The summed E-state index contributed by atoms with van der Waals surface area (Å²) >= 11 is 0. The lowest BCUT2D eigenvalue weighted by molar-refractivity contribution is -0.241. The third-order valence-corrected chi connectivity index (χ3v) is 3.45. The van der Waals surface area contributed by atoms with E-state index in [-0.39, 0.29) is 29.6 Å². The molecule has 0 aromatic carbocycles. The van der Waals surface area contributed by atoms with E-state index in [1.165, 1.54) is 0 Å². The Balaban J connectivity index is 2.53. The van der Waals surface area contributed by atoms with Gasteiger partial charge in [-0.25, -0.2) is 4.89 Å². The molecule has 2 unspecified atom stereocenters. The van der Waals surface area contributed by atoms with Gasteiger partial charge in [-0.2, -0.15) is 0 Å². The molecule has 14 heavy (non-hydrogen) atoms. The van der Waals surface area contributed by atoms with Crippen LogP contribution in [0.15, 0.2) is 0 Å². The normalized spacial score (nSPS) is 29.4. The summed E-state index contributed by atoms with van der Waals surface area (Å²) in [5.41, 5.74) is -0.142. The summed E-state index contributed by atoms with van der Waals surface area (Å²) in [7, 11) is 0. The Kier molecular flexibility index (Phi) is 3.39. The maximum Gasteiger partial charge on any atom is 0.165 e. The number of rotatable bonds is 5. The second-order valence-electron chi connectivity index (χ2n) is 4.45. The van der Waals surface area contributed by atoms with E-state index >= 15 is 0 Å². The van der Waals surface area contributed by atoms with Gasteiger partial charge in [-0.15, -0.1) is 0 Å². The number of carbonyl (C=O) groups is 2. The zero-order chi connectivity index (χ0) is 10.8. The van der Waals surface area contributed by atoms with Gasteiger partial charge >= 0.3 is 0 Å². The Bertz CT molecular complexity index is 234. The van der Waals surface area contributed by atoms with Crippen molar-refractivity contribution < 1.29 is 19.7 Å². The number of hydrogen-bond acceptors (Lipinski definition) is 4. The Morgan fingerprint density at radius 2 is 2.29 bits per heavy atom. The molecule has 0 amide bonds. The number of Topliss-reactive ketones (excluding diaryl/α,β-unsaturated/α-hetero) is 1. The molecule has 0 aromatic rings. The molecule has 1 rings (SSSR count). The molecular weight excluding hydrogens is 184 g/mol. The minimum Gasteiger partial charge on any atom is -0.303 e. The summed E-state index contributed by atoms with van der Waals surface area (Å²) in [4.78, 5) is 25.6. The fraction of sp³-hybridized carbons (Fsp3) is 0.800. The second-order valence-corrected chi connectivity index (χ2v) is 4.45. The summed E-state index contributed by atoms with van der Waals surface area (Å²) in [5.74, 6) is 0.117. The van der Waals surface area contributed by atoms with Crippen LogP contribution in [0.5, 0.6) is 0 Å². The Labute approximate surface area is 83.2 Å². The van der Waals surface area contributed by atoms with E-state index in [2.05, 4.69) is 4.89 Å². The van der Waals surface area contributed by atoms with Gasteiger partial charge in [0.2, 0.25) is 0 Å². The molecule has 0 aromatic heterocycles. The predicted molar refractivity (Wildman–Crippen MR) is 49.6 cm³/mol. The predicted octanol–water partition coefficient (Wildman–Crippen LogP) is 1.30. The van der Waals surface area contributed by atoms with Crippen LogP contribution in [0.4, 0.5) is 0 Å². The monoisotopic (exact) mass is 200 g/mol. The minimum atomic E-state index is -0.248. The molecule has 4 heteroatoms. The van der Waals surface area contributed by atoms with E-state index in [1.807, 2.05) is 13.8 Å². The van der Waals surface area contributed by atoms with Crippen LogP contribution >= 0.6 is 0 Å². The van der Waals surface area contributed by atoms with E-state index in [0.29, 0.717) is 6.42 Å². The van der Waals surface area contributed by atoms with Crippen LogP contribution < -0.4 is 0 Å². The van der Waals surface area contributed by atoms with E-state index in [1.54, 1.807) is 0 Å². The second kappa shape index (κ2) is 4.19. The summed E-state index contributed by atoms with van der Waals surface area (Å²) < 4.78 is 0. The molecule has 1 N–H and O–H groups in total. The molecule has 1 aliphatic carbocycles. The number of carbonyl (C=O) groups excluding carboxylic acids is 2. The average molecular weight is 200 g/mol. The van der Waals surface area contributed by atoms with Crippen molar-refractivity contribution >= 4 is 12.1 Å². The van der Waals surface area contributed by atoms with Crippen molar-refractivity contribution in [2.75, 3.05) is 6.61 Å². The van der Waals surface area contributed by atoms with Gasteiger partial charge in [0.05, 0.1) is 0 Å². The molecule has 4 nitrogen and oxygen atoms in total. The highest BCUT2D eigenvalue weighted by Gasteiger charge is 2.50. The van der Waals surface area contributed by atoms with E-state index in [0.717, 1.165) is 12.7 Å².